The number of nitriles is 1. The molecule has 0 N–H and O–H groups in total. The summed E-state index contributed by atoms with van der Waals surface area (Å²) in [5, 5.41) is 10.7. The standard InChI is InChI=1S/C31H39BN8O/c1-22-15-39(27-6-3-23(13-33)30-26(27)5-7-28(32)35-30)17-25(41-22)16-37-9-11-38(12-10-37)24-4-8-29(34-14-24)40-20-31(21-40)18-36(2)19-31/h3-8,14,22,25H,9-12,15-21,32H2,1-2H3/t22-,25+/m1/s1. The van der Waals surface area contributed by atoms with Crippen LogP contribution in [0.5, 0.6) is 0 Å². The molecule has 4 saturated heterocycles. The van der Waals surface area contributed by atoms with Crippen molar-refractivity contribution >= 4 is 41.5 Å². The highest BCUT2D eigenvalue weighted by Crippen LogP contribution is 2.40. The predicted octanol–water partition coefficient (Wildman–Crippen LogP) is 0.928. The Hall–Kier alpha value is -3.39. The number of anilines is 3. The Morgan fingerprint density at radius 3 is 2.49 bits per heavy atom. The zero-order valence-electron chi connectivity index (χ0n) is 24.5. The molecule has 0 amide bonds. The van der Waals surface area contributed by atoms with E-state index in [0.717, 1.165) is 86.9 Å². The van der Waals surface area contributed by atoms with Crippen molar-refractivity contribution in [2.24, 2.45) is 5.41 Å². The molecule has 1 spiro atoms. The van der Waals surface area contributed by atoms with Crippen LogP contribution in [0.4, 0.5) is 17.2 Å². The summed E-state index contributed by atoms with van der Waals surface area (Å²) in [5.41, 5.74) is 5.23. The lowest BCUT2D eigenvalue weighted by molar-refractivity contribution is -0.0327. The molecule has 6 heterocycles. The maximum Gasteiger partial charge on any atom is 0.163 e. The van der Waals surface area contributed by atoms with Gasteiger partial charge in [0.2, 0.25) is 0 Å². The molecular weight excluding hydrogens is 511 g/mol. The average Bonchev–Trinajstić information content (AvgIpc) is 2.94. The monoisotopic (exact) mass is 550 g/mol. The fourth-order valence-electron chi connectivity index (χ4n) is 7.46. The van der Waals surface area contributed by atoms with Gasteiger partial charge in [-0.25, -0.2) is 4.98 Å². The van der Waals surface area contributed by atoms with Gasteiger partial charge in [0, 0.05) is 88.5 Å². The second-order valence-corrected chi connectivity index (χ2v) is 12.8. The third kappa shape index (κ3) is 5.11. The summed E-state index contributed by atoms with van der Waals surface area (Å²) in [6.07, 6.45) is 2.33. The van der Waals surface area contributed by atoms with Gasteiger partial charge in [-0.1, -0.05) is 6.07 Å². The molecule has 2 atom stereocenters. The quantitative estimate of drug-likeness (QED) is 0.432. The van der Waals surface area contributed by atoms with Crippen LogP contribution in [-0.2, 0) is 4.74 Å². The van der Waals surface area contributed by atoms with Crippen LogP contribution in [0.2, 0.25) is 0 Å². The maximum atomic E-state index is 9.63. The Morgan fingerprint density at radius 2 is 1.78 bits per heavy atom. The van der Waals surface area contributed by atoms with Crippen LogP contribution in [0.15, 0.2) is 42.6 Å². The third-order valence-corrected chi connectivity index (χ3v) is 9.28. The molecule has 7 rings (SSSR count). The topological polar surface area (TPSA) is 75.0 Å². The first-order valence-corrected chi connectivity index (χ1v) is 15.0. The Kier molecular flexibility index (Phi) is 6.77. The summed E-state index contributed by atoms with van der Waals surface area (Å²) >= 11 is 0. The number of nitrogens with zero attached hydrogens (tertiary/aromatic N) is 8. The van der Waals surface area contributed by atoms with Gasteiger partial charge in [-0.2, -0.15) is 5.26 Å². The van der Waals surface area contributed by atoms with Crippen molar-refractivity contribution in [2.75, 3.05) is 93.7 Å². The molecule has 1 aromatic carbocycles. The van der Waals surface area contributed by atoms with Crippen LogP contribution in [0.25, 0.3) is 10.9 Å². The smallest absolute Gasteiger partial charge is 0.163 e. The van der Waals surface area contributed by atoms with Crippen LogP contribution in [-0.4, -0.2) is 119 Å². The number of hydrogen-bond donors (Lipinski definition) is 0. The summed E-state index contributed by atoms with van der Waals surface area (Å²) in [6, 6.07) is 14.9. The normalized spacial score (nSPS) is 24.8. The number of hydrogen-bond acceptors (Lipinski definition) is 9. The fraction of sp³-hybridized carbons (Fsp3) is 0.516. The largest absolute Gasteiger partial charge is 0.370 e. The van der Waals surface area contributed by atoms with Crippen molar-refractivity contribution in [3.8, 4) is 6.07 Å². The molecule has 10 heteroatoms. The van der Waals surface area contributed by atoms with E-state index >= 15 is 0 Å². The third-order valence-electron chi connectivity index (χ3n) is 9.28. The van der Waals surface area contributed by atoms with Crippen LogP contribution in [0.1, 0.15) is 12.5 Å². The van der Waals surface area contributed by atoms with Gasteiger partial charge in [-0.15, -0.1) is 0 Å². The minimum absolute atomic E-state index is 0.130. The van der Waals surface area contributed by atoms with E-state index in [4.69, 9.17) is 14.7 Å². The SMILES string of the molecule is Bc1ccc2c(N3C[C@H](CN4CCN(c5ccc(N6CC7(CN(C)C7)C6)nc5)CC4)O[C@H](C)C3)ccc(C#N)c2n1. The zero-order valence-corrected chi connectivity index (χ0v) is 24.5. The number of fused-ring (bicyclic) bond motifs is 1. The minimum Gasteiger partial charge on any atom is -0.370 e. The summed E-state index contributed by atoms with van der Waals surface area (Å²) in [5.74, 6) is 1.11. The van der Waals surface area contributed by atoms with Gasteiger partial charge < -0.3 is 24.3 Å². The molecule has 4 fully saturated rings. The van der Waals surface area contributed by atoms with Crippen LogP contribution < -0.4 is 20.3 Å². The Labute approximate surface area is 243 Å². The van der Waals surface area contributed by atoms with Crippen LogP contribution >= 0.6 is 0 Å². The van der Waals surface area contributed by atoms with Gasteiger partial charge in [0.1, 0.15) is 11.9 Å². The molecule has 0 saturated carbocycles. The summed E-state index contributed by atoms with van der Waals surface area (Å²) in [7, 11) is 4.18. The average molecular weight is 551 g/mol. The Morgan fingerprint density at radius 1 is 0.976 bits per heavy atom. The van der Waals surface area contributed by atoms with Crippen molar-refractivity contribution in [3.63, 3.8) is 0 Å². The van der Waals surface area contributed by atoms with Gasteiger partial charge in [0.05, 0.1) is 35.2 Å². The number of rotatable bonds is 5. The molecule has 2 aromatic heterocycles. The van der Waals surface area contributed by atoms with Crippen molar-refractivity contribution in [1.82, 2.24) is 19.8 Å². The highest BCUT2D eigenvalue weighted by atomic mass is 16.5. The van der Waals surface area contributed by atoms with E-state index in [-0.39, 0.29) is 12.2 Å². The van der Waals surface area contributed by atoms with Crippen molar-refractivity contribution in [2.45, 2.75) is 19.1 Å². The number of likely N-dealkylation sites (tertiary alicyclic amines) is 1. The number of ether oxygens (including phenoxy) is 1. The molecule has 0 radical (unpaired) electrons. The molecule has 4 aliphatic rings. The number of aromatic nitrogens is 2. The second-order valence-electron chi connectivity index (χ2n) is 12.8. The van der Waals surface area contributed by atoms with Crippen molar-refractivity contribution in [1.29, 1.82) is 5.26 Å². The highest BCUT2D eigenvalue weighted by Gasteiger charge is 2.50. The first-order chi connectivity index (χ1) is 19.9. The minimum atomic E-state index is 0.130. The van der Waals surface area contributed by atoms with E-state index in [0.29, 0.717) is 11.0 Å². The van der Waals surface area contributed by atoms with Gasteiger partial charge in [0.25, 0.3) is 0 Å². The lowest BCUT2D eigenvalue weighted by atomic mass is 9.73. The maximum absolute atomic E-state index is 9.63. The molecule has 3 aromatic rings. The zero-order chi connectivity index (χ0) is 28.1. The number of pyridine rings is 2. The number of morpholine rings is 1. The van der Waals surface area contributed by atoms with Crippen molar-refractivity contribution < 1.29 is 4.74 Å². The highest BCUT2D eigenvalue weighted by molar-refractivity contribution is 6.31. The van der Waals surface area contributed by atoms with Crippen molar-refractivity contribution in [3.05, 3.63) is 48.2 Å². The molecule has 0 bridgehead atoms. The number of piperazine rings is 1. The summed E-state index contributed by atoms with van der Waals surface area (Å²) in [6.45, 7) is 13.5. The van der Waals surface area contributed by atoms with Gasteiger partial charge >= 0.3 is 0 Å². The Balaban J connectivity index is 0.951. The first kappa shape index (κ1) is 26.5. The first-order valence-electron chi connectivity index (χ1n) is 15.0. The molecule has 9 nitrogen and oxygen atoms in total. The fourth-order valence-corrected chi connectivity index (χ4v) is 7.46. The number of benzene rings is 1. The van der Waals surface area contributed by atoms with Crippen LogP contribution in [0.3, 0.4) is 0 Å². The van der Waals surface area contributed by atoms with Crippen LogP contribution in [0, 0.1) is 16.7 Å². The lowest BCUT2D eigenvalue weighted by Gasteiger charge is -2.59. The molecular formula is C31H39BN8O. The summed E-state index contributed by atoms with van der Waals surface area (Å²) in [4.78, 5) is 21.8. The van der Waals surface area contributed by atoms with E-state index in [1.54, 1.807) is 0 Å². The molecule has 212 valence electrons. The van der Waals surface area contributed by atoms with E-state index < -0.39 is 0 Å². The lowest BCUT2D eigenvalue weighted by Crippen LogP contribution is -2.71. The van der Waals surface area contributed by atoms with E-state index in [1.165, 1.54) is 18.8 Å². The summed E-state index contributed by atoms with van der Waals surface area (Å²) < 4.78 is 6.43. The molecule has 0 aliphatic carbocycles. The molecule has 0 unspecified atom stereocenters. The molecule has 4 aliphatic heterocycles. The molecule has 41 heavy (non-hydrogen) atoms. The Bertz CT molecular complexity index is 1450. The van der Waals surface area contributed by atoms with Gasteiger partial charge in [0.15, 0.2) is 7.85 Å². The van der Waals surface area contributed by atoms with E-state index in [9.17, 15) is 5.26 Å². The predicted molar refractivity (Wildman–Crippen MR) is 166 cm³/mol. The van der Waals surface area contributed by atoms with E-state index in [2.05, 4.69) is 75.0 Å². The van der Waals surface area contributed by atoms with Gasteiger partial charge in [-0.3, -0.25) is 9.88 Å². The van der Waals surface area contributed by atoms with E-state index in [1.807, 2.05) is 20.0 Å². The second kappa shape index (κ2) is 10.5. The van der Waals surface area contributed by atoms with Gasteiger partial charge in [-0.05, 0) is 49.9 Å².